The van der Waals surface area contributed by atoms with Gasteiger partial charge in [0.25, 0.3) is 0 Å². The number of thiazole rings is 1. The molecular weight excluding hydrogens is 328 g/mol. The van der Waals surface area contributed by atoms with Crippen LogP contribution in [-0.2, 0) is 29.8 Å². The lowest BCUT2D eigenvalue weighted by atomic mass is 10.3. The Morgan fingerprint density at radius 2 is 2.35 bits per heavy atom. The highest BCUT2D eigenvalue weighted by molar-refractivity contribution is 8.14. The van der Waals surface area contributed by atoms with Crippen LogP contribution in [0.25, 0.3) is 0 Å². The van der Waals surface area contributed by atoms with Crippen LogP contribution in [0.2, 0.25) is 0 Å². The number of carbonyl (C=O) groups is 2. The molecule has 0 bridgehead atoms. The molecule has 7 nitrogen and oxygen atoms in total. The molecule has 1 aliphatic rings. The minimum atomic E-state index is -3.78. The summed E-state index contributed by atoms with van der Waals surface area (Å²) in [6.07, 6.45) is -0.149. The number of amides is 1. The largest absolute Gasteiger partial charge is 0.469 e. The Labute approximate surface area is 123 Å². The van der Waals surface area contributed by atoms with Crippen LogP contribution in [0.5, 0.6) is 0 Å². The molecule has 2 heterocycles. The Kier molecular flexibility index (Phi) is 4.31. The van der Waals surface area contributed by atoms with E-state index in [9.17, 15) is 18.0 Å². The number of anilines is 1. The van der Waals surface area contributed by atoms with E-state index in [1.54, 1.807) is 5.38 Å². The summed E-state index contributed by atoms with van der Waals surface area (Å²) in [6, 6.07) is 0. The van der Waals surface area contributed by atoms with Crippen LogP contribution in [-0.4, -0.2) is 44.2 Å². The first-order chi connectivity index (χ1) is 9.31. The Morgan fingerprint density at radius 1 is 1.65 bits per heavy atom. The predicted molar refractivity (Wildman–Crippen MR) is 73.4 cm³/mol. The van der Waals surface area contributed by atoms with E-state index in [0.29, 0.717) is 10.8 Å². The first-order valence-electron chi connectivity index (χ1n) is 5.56. The second kappa shape index (κ2) is 5.66. The van der Waals surface area contributed by atoms with Gasteiger partial charge in [0.15, 0.2) is 5.13 Å². The van der Waals surface area contributed by atoms with Gasteiger partial charge in [0, 0.05) is 29.0 Å². The van der Waals surface area contributed by atoms with Crippen molar-refractivity contribution in [2.24, 2.45) is 0 Å². The van der Waals surface area contributed by atoms with Crippen molar-refractivity contribution >= 4 is 48.1 Å². The number of ether oxygens (including phenoxy) is 1. The molecule has 110 valence electrons. The van der Waals surface area contributed by atoms with Crippen molar-refractivity contribution < 1.29 is 22.7 Å². The van der Waals surface area contributed by atoms with Gasteiger partial charge in [-0.1, -0.05) is 0 Å². The van der Waals surface area contributed by atoms with E-state index in [2.05, 4.69) is 9.72 Å². The normalized spacial score (nSPS) is 19.4. The van der Waals surface area contributed by atoms with Crippen molar-refractivity contribution in [1.29, 1.82) is 0 Å². The summed E-state index contributed by atoms with van der Waals surface area (Å²) in [4.78, 5) is 28.3. The van der Waals surface area contributed by atoms with Gasteiger partial charge in [0.1, 0.15) is 5.25 Å². The lowest BCUT2D eigenvalue weighted by molar-refractivity contribution is -0.139. The third kappa shape index (κ3) is 3.28. The lowest BCUT2D eigenvalue weighted by Gasteiger charge is -2.11. The van der Waals surface area contributed by atoms with Crippen molar-refractivity contribution in [2.75, 3.05) is 18.6 Å². The number of hydrogen-bond acceptors (Lipinski definition) is 7. The first kappa shape index (κ1) is 15.2. The monoisotopic (exact) mass is 338 g/mol. The first-order valence-corrected chi connectivity index (χ1v) is 8.81. The summed E-state index contributed by atoms with van der Waals surface area (Å²) in [5.41, 5.74) is 0.474. The van der Waals surface area contributed by atoms with Gasteiger partial charge in [-0.2, -0.15) is 0 Å². The summed E-state index contributed by atoms with van der Waals surface area (Å²) in [7, 11) is 2.76. The third-order valence-electron chi connectivity index (χ3n) is 2.81. The minimum Gasteiger partial charge on any atom is -0.469 e. The minimum absolute atomic E-state index is 0.00621. The molecule has 1 atom stereocenters. The average Bonchev–Trinajstić information content (AvgIpc) is 2.94. The number of rotatable bonds is 4. The van der Waals surface area contributed by atoms with Gasteiger partial charge in [-0.15, -0.1) is 11.3 Å². The molecule has 1 aromatic heterocycles. The summed E-state index contributed by atoms with van der Waals surface area (Å²) in [5, 5.41) is 1.06. The van der Waals surface area contributed by atoms with Crippen LogP contribution in [0.1, 0.15) is 12.1 Å². The Bertz CT molecular complexity index is 642. The van der Waals surface area contributed by atoms with E-state index < -0.39 is 20.3 Å². The summed E-state index contributed by atoms with van der Waals surface area (Å²) < 4.78 is 27.0. The molecule has 1 aromatic rings. The SMILES string of the molecule is COC(=O)Cc1csc(N2CC(S(=O)(=O)Cl)CC2=O)n1. The molecule has 0 radical (unpaired) electrons. The molecule has 1 amide bonds. The zero-order chi connectivity index (χ0) is 14.9. The van der Waals surface area contributed by atoms with E-state index in [4.69, 9.17) is 10.7 Å². The van der Waals surface area contributed by atoms with Crippen LogP contribution in [0.4, 0.5) is 5.13 Å². The number of nitrogens with zero attached hydrogens (tertiary/aromatic N) is 2. The van der Waals surface area contributed by atoms with Gasteiger partial charge in [0.2, 0.25) is 15.0 Å². The van der Waals surface area contributed by atoms with E-state index in [0.717, 1.165) is 11.3 Å². The summed E-state index contributed by atoms with van der Waals surface area (Å²) in [6.45, 7) is -0.0180. The van der Waals surface area contributed by atoms with Gasteiger partial charge >= 0.3 is 5.97 Å². The fraction of sp³-hybridized carbons (Fsp3) is 0.500. The molecule has 0 N–H and O–H groups in total. The highest BCUT2D eigenvalue weighted by Crippen LogP contribution is 2.29. The molecule has 0 spiro atoms. The topological polar surface area (TPSA) is 93.6 Å². The summed E-state index contributed by atoms with van der Waals surface area (Å²) >= 11 is 1.16. The fourth-order valence-electron chi connectivity index (χ4n) is 1.77. The quantitative estimate of drug-likeness (QED) is 0.587. The number of methoxy groups -OCH3 is 1. The zero-order valence-electron chi connectivity index (χ0n) is 10.4. The maximum absolute atomic E-state index is 11.8. The van der Waals surface area contributed by atoms with Crippen LogP contribution < -0.4 is 4.90 Å². The predicted octanol–water partition coefficient (Wildman–Crippen LogP) is 0.532. The second-order valence-electron chi connectivity index (χ2n) is 4.18. The molecular formula is C10H11ClN2O5S2. The molecule has 0 aliphatic carbocycles. The maximum atomic E-state index is 11.8. The number of carbonyl (C=O) groups excluding carboxylic acids is 2. The molecule has 1 unspecified atom stereocenters. The molecule has 20 heavy (non-hydrogen) atoms. The van der Waals surface area contributed by atoms with Crippen molar-refractivity contribution in [3.8, 4) is 0 Å². The smallest absolute Gasteiger partial charge is 0.311 e. The lowest BCUT2D eigenvalue weighted by Crippen LogP contribution is -2.26. The zero-order valence-corrected chi connectivity index (χ0v) is 12.8. The van der Waals surface area contributed by atoms with E-state index in [1.165, 1.54) is 12.0 Å². The molecule has 2 rings (SSSR count). The van der Waals surface area contributed by atoms with Crippen molar-refractivity contribution in [3.63, 3.8) is 0 Å². The van der Waals surface area contributed by atoms with Crippen LogP contribution in [0, 0.1) is 0 Å². The fourth-order valence-corrected chi connectivity index (χ4v) is 3.65. The van der Waals surface area contributed by atoms with Crippen molar-refractivity contribution in [3.05, 3.63) is 11.1 Å². The van der Waals surface area contributed by atoms with E-state index in [1.807, 2.05) is 0 Å². The van der Waals surface area contributed by atoms with E-state index >= 15 is 0 Å². The molecule has 1 fully saturated rings. The third-order valence-corrected chi connectivity index (χ3v) is 5.59. The standard InChI is InChI=1S/C10H11ClN2O5S2/c1-18-9(15)2-6-5-19-10(12-6)13-4-7(3-8(13)14)20(11,16)17/h5,7H,2-4H2,1H3. The maximum Gasteiger partial charge on any atom is 0.311 e. The Hall–Kier alpha value is -1.19. The summed E-state index contributed by atoms with van der Waals surface area (Å²) in [5.74, 6) is -0.783. The highest BCUT2D eigenvalue weighted by Gasteiger charge is 2.39. The molecule has 0 saturated carbocycles. The van der Waals surface area contributed by atoms with Gasteiger partial charge in [-0.3, -0.25) is 14.5 Å². The van der Waals surface area contributed by atoms with Gasteiger partial charge in [0.05, 0.1) is 19.2 Å². The average molecular weight is 339 g/mol. The van der Waals surface area contributed by atoms with Gasteiger partial charge in [-0.05, 0) is 0 Å². The molecule has 1 aliphatic heterocycles. The van der Waals surface area contributed by atoms with Crippen LogP contribution in [0.15, 0.2) is 5.38 Å². The number of esters is 1. The number of halogens is 1. The van der Waals surface area contributed by atoms with Crippen LogP contribution >= 0.6 is 22.0 Å². The van der Waals surface area contributed by atoms with Crippen molar-refractivity contribution in [2.45, 2.75) is 18.1 Å². The van der Waals surface area contributed by atoms with Crippen molar-refractivity contribution in [1.82, 2.24) is 4.98 Å². The van der Waals surface area contributed by atoms with Gasteiger partial charge in [-0.25, -0.2) is 13.4 Å². The molecule has 0 aromatic carbocycles. The number of hydrogen-bond donors (Lipinski definition) is 0. The molecule has 1 saturated heterocycles. The van der Waals surface area contributed by atoms with E-state index in [-0.39, 0.29) is 25.3 Å². The Balaban J connectivity index is 2.13. The Morgan fingerprint density at radius 3 is 2.90 bits per heavy atom. The van der Waals surface area contributed by atoms with Crippen LogP contribution in [0.3, 0.4) is 0 Å². The molecule has 10 heteroatoms. The second-order valence-corrected chi connectivity index (χ2v) is 7.93. The van der Waals surface area contributed by atoms with Gasteiger partial charge < -0.3 is 4.74 Å². The number of aromatic nitrogens is 1. The highest BCUT2D eigenvalue weighted by atomic mass is 35.7.